The van der Waals surface area contributed by atoms with Gasteiger partial charge >= 0.3 is 0 Å². The van der Waals surface area contributed by atoms with Gasteiger partial charge < -0.3 is 4.74 Å². The van der Waals surface area contributed by atoms with Gasteiger partial charge in [0.2, 0.25) is 11.0 Å². The highest BCUT2D eigenvalue weighted by atomic mass is 35.5. The molecule has 0 aromatic heterocycles. The summed E-state index contributed by atoms with van der Waals surface area (Å²) < 4.78 is 6.20. The van der Waals surface area contributed by atoms with Gasteiger partial charge in [-0.1, -0.05) is 20.8 Å². The monoisotopic (exact) mass is 384 g/mol. The Labute approximate surface area is 160 Å². The zero-order valence-electron chi connectivity index (χ0n) is 16.2. The van der Waals surface area contributed by atoms with Crippen LogP contribution in [0.4, 0.5) is 0 Å². The second-order valence-electron chi connectivity index (χ2n) is 8.19. The summed E-state index contributed by atoms with van der Waals surface area (Å²) >= 11 is 7.29. The third-order valence-corrected chi connectivity index (χ3v) is 4.24. The number of benzene rings is 1. The molecule has 1 aromatic carbocycles. The van der Waals surface area contributed by atoms with Crippen LogP contribution in [0.1, 0.15) is 61.3 Å². The van der Waals surface area contributed by atoms with Crippen molar-refractivity contribution in [1.82, 2.24) is 0 Å². The largest absolute Gasteiger partial charge is 0.465 e. The summed E-state index contributed by atoms with van der Waals surface area (Å²) in [7, 11) is 0. The fraction of sp³-hybridized carbons (Fsp3) is 0.632. The first-order valence-electron chi connectivity index (χ1n) is 8.39. The number of thioether (sulfide) groups is 1. The zero-order chi connectivity index (χ0) is 19.3. The highest BCUT2D eigenvalue weighted by Gasteiger charge is 2.28. The number of carbonyl (C=O) groups excluding carboxylic acids is 1. The molecule has 6 heteroatoms. The molecule has 0 aliphatic heterocycles. The minimum Gasteiger partial charge on any atom is -0.465 e. The Morgan fingerprint density at radius 3 is 2.04 bits per heavy atom. The average molecular weight is 385 g/mol. The van der Waals surface area contributed by atoms with E-state index in [0.29, 0.717) is 12.2 Å². The lowest BCUT2D eigenvalue weighted by molar-refractivity contribution is -0.112. The van der Waals surface area contributed by atoms with Crippen molar-refractivity contribution in [2.75, 3.05) is 0 Å². The van der Waals surface area contributed by atoms with Gasteiger partial charge in [0.15, 0.2) is 0 Å². The van der Waals surface area contributed by atoms with Gasteiger partial charge in [0.25, 0.3) is 0 Å². The summed E-state index contributed by atoms with van der Waals surface area (Å²) in [5.74, 6) is 0.690. The Morgan fingerprint density at radius 1 is 1.04 bits per heavy atom. The number of azo groups is 1. The maximum absolute atomic E-state index is 11.2. The molecule has 0 fully saturated rings. The van der Waals surface area contributed by atoms with Crippen LogP contribution in [0.3, 0.4) is 0 Å². The normalized spacial score (nSPS) is 15.2. The van der Waals surface area contributed by atoms with Crippen molar-refractivity contribution < 1.29 is 9.53 Å². The van der Waals surface area contributed by atoms with Gasteiger partial charge in [-0.3, -0.25) is 4.79 Å². The van der Waals surface area contributed by atoms with Crippen LogP contribution in [0.2, 0.25) is 0 Å². The first-order chi connectivity index (χ1) is 11.3. The van der Waals surface area contributed by atoms with Gasteiger partial charge in [0.1, 0.15) is 5.75 Å². The standard InChI is InChI=1S/C19H29ClN2O2S/c1-17(2,3)21-22-19(7,13-12-16(20)23)24-14-8-10-15(11-9-14)25-18(4,5)6/h8-11H,12-13H2,1-7H3/b22-21+. The van der Waals surface area contributed by atoms with Crippen LogP contribution in [0, 0.1) is 0 Å². The van der Waals surface area contributed by atoms with Crippen LogP contribution in [-0.2, 0) is 4.79 Å². The fourth-order valence-corrected chi connectivity index (χ4v) is 2.96. The Bertz CT molecular complexity index is 603. The van der Waals surface area contributed by atoms with E-state index in [-0.39, 0.29) is 16.7 Å². The molecule has 0 saturated carbocycles. The Morgan fingerprint density at radius 2 is 1.60 bits per heavy atom. The summed E-state index contributed by atoms with van der Waals surface area (Å²) in [6, 6.07) is 7.89. The van der Waals surface area contributed by atoms with Crippen molar-refractivity contribution in [2.24, 2.45) is 10.2 Å². The Hall–Kier alpha value is -1.07. The van der Waals surface area contributed by atoms with Crippen LogP contribution in [0.15, 0.2) is 39.4 Å². The zero-order valence-corrected chi connectivity index (χ0v) is 17.8. The molecule has 0 N–H and O–H groups in total. The molecule has 0 saturated heterocycles. The van der Waals surface area contributed by atoms with Crippen LogP contribution >= 0.6 is 23.4 Å². The molecule has 140 valence electrons. The lowest BCUT2D eigenvalue weighted by Crippen LogP contribution is -2.31. The Kier molecular flexibility index (Phi) is 7.51. The summed E-state index contributed by atoms with van der Waals surface area (Å²) in [6.07, 6.45) is 0.548. The molecule has 0 radical (unpaired) electrons. The van der Waals surface area contributed by atoms with Crippen molar-refractivity contribution in [2.45, 2.75) is 82.2 Å². The molecular weight excluding hydrogens is 356 g/mol. The maximum atomic E-state index is 11.2. The smallest absolute Gasteiger partial charge is 0.221 e. The van der Waals surface area contributed by atoms with Crippen LogP contribution < -0.4 is 4.74 Å². The molecular formula is C19H29ClN2O2S. The molecule has 1 rings (SSSR count). The number of nitrogens with zero attached hydrogens (tertiary/aromatic N) is 2. The van der Waals surface area contributed by atoms with Crippen LogP contribution in [0.25, 0.3) is 0 Å². The van der Waals surface area contributed by atoms with Gasteiger partial charge in [-0.05, 0) is 63.6 Å². The van der Waals surface area contributed by atoms with Gasteiger partial charge in [-0.25, -0.2) is 0 Å². The third kappa shape index (κ3) is 9.85. The second-order valence-corrected chi connectivity index (χ2v) is 10.5. The van der Waals surface area contributed by atoms with Crippen molar-refractivity contribution in [3.05, 3.63) is 24.3 Å². The number of carbonyl (C=O) groups is 1. The highest BCUT2D eigenvalue weighted by Crippen LogP contribution is 2.34. The molecule has 25 heavy (non-hydrogen) atoms. The number of ether oxygens (including phenoxy) is 1. The summed E-state index contributed by atoms with van der Waals surface area (Å²) in [4.78, 5) is 12.3. The first-order valence-corrected chi connectivity index (χ1v) is 9.58. The van der Waals surface area contributed by atoms with Gasteiger partial charge in [0, 0.05) is 22.5 Å². The summed E-state index contributed by atoms with van der Waals surface area (Å²) in [6.45, 7) is 14.2. The van der Waals surface area contributed by atoms with Crippen LogP contribution in [-0.4, -0.2) is 21.3 Å². The number of rotatable bonds is 7. The van der Waals surface area contributed by atoms with Crippen LogP contribution in [0.5, 0.6) is 5.75 Å². The van der Waals surface area contributed by atoms with E-state index >= 15 is 0 Å². The number of hydrogen-bond acceptors (Lipinski definition) is 5. The average Bonchev–Trinajstić information content (AvgIpc) is 2.43. The molecule has 1 atom stereocenters. The van der Waals surface area contributed by atoms with E-state index in [9.17, 15) is 4.79 Å². The van der Waals surface area contributed by atoms with Crippen molar-refractivity contribution in [1.29, 1.82) is 0 Å². The molecule has 0 bridgehead atoms. The van der Waals surface area contributed by atoms with Crippen molar-refractivity contribution in [3.63, 3.8) is 0 Å². The topological polar surface area (TPSA) is 51.0 Å². The maximum Gasteiger partial charge on any atom is 0.221 e. The predicted octanol–water partition coefficient (Wildman–Crippen LogP) is 6.47. The first kappa shape index (κ1) is 22.0. The van der Waals surface area contributed by atoms with Crippen molar-refractivity contribution >= 4 is 28.6 Å². The summed E-state index contributed by atoms with van der Waals surface area (Å²) in [5, 5.41) is 8.27. The van der Waals surface area contributed by atoms with E-state index in [0.717, 1.165) is 0 Å². The molecule has 1 unspecified atom stereocenters. The predicted molar refractivity (Wildman–Crippen MR) is 106 cm³/mol. The van der Waals surface area contributed by atoms with E-state index in [4.69, 9.17) is 16.3 Å². The summed E-state index contributed by atoms with van der Waals surface area (Å²) in [5.41, 5.74) is -1.25. The molecule has 0 aliphatic rings. The molecule has 4 nitrogen and oxygen atoms in total. The lowest BCUT2D eigenvalue weighted by atomic mass is 10.1. The molecule has 0 heterocycles. The molecule has 0 amide bonds. The van der Waals surface area contributed by atoms with E-state index < -0.39 is 11.0 Å². The quantitative estimate of drug-likeness (QED) is 0.307. The number of halogens is 1. The van der Waals surface area contributed by atoms with E-state index in [1.165, 1.54) is 4.90 Å². The second kappa shape index (κ2) is 8.54. The minimum absolute atomic E-state index is 0.151. The van der Waals surface area contributed by atoms with E-state index in [2.05, 4.69) is 31.0 Å². The Balaban J connectivity index is 2.93. The number of hydrogen-bond donors (Lipinski definition) is 0. The van der Waals surface area contributed by atoms with E-state index in [1.807, 2.05) is 52.0 Å². The minimum atomic E-state index is -0.934. The van der Waals surface area contributed by atoms with Gasteiger partial charge in [-0.15, -0.1) is 16.9 Å². The molecule has 1 aromatic rings. The molecule has 0 aliphatic carbocycles. The van der Waals surface area contributed by atoms with Gasteiger partial charge in [0.05, 0.1) is 5.54 Å². The SMILES string of the molecule is CC(C)(C)/N=N/C(C)(CCC(=O)Cl)Oc1ccc(SC(C)(C)C)cc1. The fourth-order valence-electron chi connectivity index (χ4n) is 1.89. The van der Waals surface area contributed by atoms with E-state index in [1.54, 1.807) is 11.8 Å². The highest BCUT2D eigenvalue weighted by molar-refractivity contribution is 8.00. The third-order valence-electron chi connectivity index (χ3n) is 2.93. The van der Waals surface area contributed by atoms with Crippen molar-refractivity contribution in [3.8, 4) is 5.75 Å². The van der Waals surface area contributed by atoms with Gasteiger partial charge in [-0.2, -0.15) is 5.11 Å². The molecule has 0 spiro atoms. The lowest BCUT2D eigenvalue weighted by Gasteiger charge is -2.26.